The predicted molar refractivity (Wildman–Crippen MR) is 263 cm³/mol. The van der Waals surface area contributed by atoms with Crippen molar-refractivity contribution < 1.29 is 43.2 Å². The maximum Gasteiger partial charge on any atom is 0.246 e. The molecule has 1 aliphatic heterocycles. The molecule has 1 fully saturated rings. The number of likely N-dealkylation sites (tertiary alicyclic amines) is 1. The van der Waals surface area contributed by atoms with E-state index < -0.39 is 47.4 Å². The number of fused-ring (bicyclic) bond motifs is 1. The van der Waals surface area contributed by atoms with Crippen molar-refractivity contribution in [1.29, 1.82) is 5.26 Å². The summed E-state index contributed by atoms with van der Waals surface area (Å²) in [6.07, 6.45) is -0.104. The fourth-order valence-corrected chi connectivity index (χ4v) is 7.57. The summed E-state index contributed by atoms with van der Waals surface area (Å²) in [5, 5.41) is 26.5. The number of nitrogens with zero attached hydrogens (tertiary/aromatic N) is 4. The quantitative estimate of drug-likeness (QED) is 0.0347. The normalized spacial score (nSPS) is 16.2. The number of aromatic nitrogens is 1. The topological polar surface area (TPSA) is 185 Å². The van der Waals surface area contributed by atoms with Crippen LogP contribution < -0.4 is 20.3 Å². The summed E-state index contributed by atoms with van der Waals surface area (Å²) >= 11 is 4.44. The summed E-state index contributed by atoms with van der Waals surface area (Å²) in [7, 11) is 4.04. The van der Waals surface area contributed by atoms with Gasteiger partial charge in [-0.2, -0.15) is 5.26 Å². The van der Waals surface area contributed by atoms with Gasteiger partial charge in [-0.15, -0.1) is 12.6 Å². The van der Waals surface area contributed by atoms with Crippen LogP contribution in [0.5, 0.6) is 5.75 Å². The molecule has 360 valence electrons. The highest BCUT2D eigenvalue weighted by atomic mass is 32.1. The smallest absolute Gasteiger partial charge is 0.246 e. The van der Waals surface area contributed by atoms with Gasteiger partial charge in [0.25, 0.3) is 0 Å². The van der Waals surface area contributed by atoms with E-state index in [2.05, 4.69) is 64.6 Å². The van der Waals surface area contributed by atoms with Crippen LogP contribution in [-0.2, 0) is 33.3 Å². The lowest BCUT2D eigenvalue weighted by atomic mass is 9.85. The van der Waals surface area contributed by atoms with Gasteiger partial charge in [0.1, 0.15) is 24.4 Å². The van der Waals surface area contributed by atoms with E-state index in [1.165, 1.54) is 4.90 Å². The molecule has 1 saturated heterocycles. The fourth-order valence-electron chi connectivity index (χ4n) is 7.38. The van der Waals surface area contributed by atoms with Gasteiger partial charge in [-0.1, -0.05) is 63.2 Å². The van der Waals surface area contributed by atoms with Gasteiger partial charge in [0.2, 0.25) is 17.7 Å². The largest absolute Gasteiger partial charge is 0.493 e. The number of rotatable bonds is 24. The molecule has 0 bridgehead atoms. The Bertz CT molecular complexity index is 2330. The lowest BCUT2D eigenvalue weighted by molar-refractivity contribution is -0.144. The Kier molecular flexibility index (Phi) is 20.0. The number of nitriles is 1. The van der Waals surface area contributed by atoms with E-state index in [0.29, 0.717) is 50.1 Å². The van der Waals surface area contributed by atoms with Crippen LogP contribution in [0.1, 0.15) is 64.6 Å². The molecule has 16 heteroatoms. The van der Waals surface area contributed by atoms with E-state index >= 15 is 0 Å². The van der Waals surface area contributed by atoms with Crippen molar-refractivity contribution in [2.24, 2.45) is 5.41 Å². The Balaban J connectivity index is 0.913. The number of β-amino-alcohol motifs (C(OH)–C–C–N with tert-alkyl or cyclic N) is 1. The first kappa shape index (κ1) is 52.4. The molecule has 15 nitrogen and oxygen atoms in total. The van der Waals surface area contributed by atoms with Crippen molar-refractivity contribution >= 4 is 51.8 Å². The zero-order chi connectivity index (χ0) is 48.5. The first-order valence-corrected chi connectivity index (χ1v) is 23.1. The molecule has 5 rings (SSSR count). The molecule has 67 heavy (non-hydrogen) atoms. The maximum absolute atomic E-state index is 14.0. The zero-order valence-corrected chi connectivity index (χ0v) is 40.6. The molecular formula is C51H66N6O9S. The first-order valence-electron chi connectivity index (χ1n) is 22.7. The Labute approximate surface area is 400 Å². The van der Waals surface area contributed by atoms with E-state index in [1.807, 2.05) is 90.3 Å². The molecule has 0 unspecified atom stereocenters. The van der Waals surface area contributed by atoms with E-state index in [1.54, 1.807) is 6.92 Å². The van der Waals surface area contributed by atoms with E-state index in [-0.39, 0.29) is 32.8 Å². The van der Waals surface area contributed by atoms with Crippen LogP contribution in [0.4, 0.5) is 5.69 Å². The van der Waals surface area contributed by atoms with Gasteiger partial charge in [0.05, 0.1) is 75.7 Å². The molecule has 0 spiro atoms. The molecule has 0 radical (unpaired) electrons. The lowest BCUT2D eigenvalue weighted by Gasteiger charge is -2.35. The second-order valence-electron chi connectivity index (χ2n) is 17.8. The SMILES string of the molecule is C/C(C#N)=C(/S)c1ccc([C@H](C)NC(=O)[C@@H]2C[C@@H](O)CN2C(=O)[C@@H](NC(=O)COCCOCCOCCOCCCOc2ccc3nc(-c4ccc(N(C)C)cc4)ccc3c2)C(C)(C)C)cc1. The minimum absolute atomic E-state index is 0.0417. The number of amides is 3. The molecule has 4 aromatic rings. The molecule has 3 amide bonds. The molecule has 4 atom stereocenters. The van der Waals surface area contributed by atoms with Crippen molar-refractivity contribution in [1.82, 2.24) is 20.5 Å². The minimum Gasteiger partial charge on any atom is -0.493 e. The van der Waals surface area contributed by atoms with Crippen molar-refractivity contribution in [2.45, 2.75) is 71.7 Å². The minimum atomic E-state index is -0.985. The summed E-state index contributed by atoms with van der Waals surface area (Å²) in [4.78, 5) is 49.3. The molecule has 3 aromatic carbocycles. The molecule has 1 aromatic heterocycles. The highest BCUT2D eigenvalue weighted by Crippen LogP contribution is 2.29. The van der Waals surface area contributed by atoms with Crippen LogP contribution in [0.15, 0.2) is 84.4 Å². The van der Waals surface area contributed by atoms with Gasteiger partial charge in [-0.05, 0) is 66.8 Å². The Morgan fingerprint density at radius 2 is 1.52 bits per heavy atom. The summed E-state index contributed by atoms with van der Waals surface area (Å²) in [5.74, 6) is -0.585. The fraction of sp³-hybridized carbons (Fsp3) is 0.471. The highest BCUT2D eigenvalue weighted by Gasteiger charge is 2.44. The molecular weight excluding hydrogens is 873 g/mol. The number of aliphatic hydroxyl groups is 1. The first-order chi connectivity index (χ1) is 32.0. The van der Waals surface area contributed by atoms with E-state index in [4.69, 9.17) is 28.7 Å². The van der Waals surface area contributed by atoms with Gasteiger partial charge >= 0.3 is 0 Å². The average molecular weight is 939 g/mol. The third-order valence-corrected chi connectivity index (χ3v) is 11.8. The van der Waals surface area contributed by atoms with Crippen LogP contribution in [-0.4, -0.2) is 131 Å². The van der Waals surface area contributed by atoms with E-state index in [9.17, 15) is 24.8 Å². The van der Waals surface area contributed by atoms with Crippen LogP contribution in [0, 0.1) is 16.7 Å². The van der Waals surface area contributed by atoms with Crippen LogP contribution in [0.25, 0.3) is 27.1 Å². The number of anilines is 1. The number of aliphatic hydroxyl groups excluding tert-OH is 1. The molecule has 0 aliphatic carbocycles. The van der Waals surface area contributed by atoms with Crippen LogP contribution >= 0.6 is 12.6 Å². The number of carbonyl (C=O) groups is 3. The number of allylic oxidation sites excluding steroid dienone is 1. The second-order valence-corrected chi connectivity index (χ2v) is 18.2. The van der Waals surface area contributed by atoms with Gasteiger partial charge < -0.3 is 49.2 Å². The van der Waals surface area contributed by atoms with Crippen LogP contribution in [0.3, 0.4) is 0 Å². The lowest BCUT2D eigenvalue weighted by Crippen LogP contribution is -2.58. The monoisotopic (exact) mass is 938 g/mol. The highest BCUT2D eigenvalue weighted by molar-refractivity contribution is 7.90. The number of thiol groups is 1. The summed E-state index contributed by atoms with van der Waals surface area (Å²) in [6.45, 7) is 11.7. The number of carbonyl (C=O) groups excluding carboxylic acids is 3. The number of benzene rings is 3. The predicted octanol–water partition coefficient (Wildman–Crippen LogP) is 6.36. The molecule has 2 heterocycles. The number of hydrogen-bond acceptors (Lipinski definition) is 13. The van der Waals surface area contributed by atoms with Crippen molar-refractivity contribution in [3.8, 4) is 23.1 Å². The number of pyridine rings is 1. The molecule has 1 aliphatic rings. The van der Waals surface area contributed by atoms with Gasteiger partial charge in [0.15, 0.2) is 0 Å². The number of nitrogens with one attached hydrogen (secondary N) is 2. The van der Waals surface area contributed by atoms with Crippen LogP contribution in [0.2, 0.25) is 0 Å². The number of hydrogen-bond donors (Lipinski definition) is 4. The summed E-state index contributed by atoms with van der Waals surface area (Å²) < 4.78 is 28.3. The number of ether oxygens (including phenoxy) is 5. The van der Waals surface area contributed by atoms with Crippen molar-refractivity contribution in [3.05, 3.63) is 95.6 Å². The maximum atomic E-state index is 14.0. The Hall–Kier alpha value is -5.54. The second kappa shape index (κ2) is 25.6. The Morgan fingerprint density at radius 3 is 2.15 bits per heavy atom. The molecule has 0 saturated carbocycles. The standard InChI is InChI=1S/C51H66N6O9S/c1-34(31-52)47(67)38-11-9-36(10-12-38)35(2)53-49(60)45-30-41(58)32-57(45)50(61)48(51(3,4)5)55-46(59)33-65-28-27-64-26-25-63-24-23-62-21-8-22-66-42-18-20-44-39(29-42)15-19-43(54-44)37-13-16-40(17-14-37)56(6)7/h9-20,29,35,41,45,48,58,67H,8,21-28,30,32-33H2,1-7H3,(H,53,60)(H,55,59)/b47-34-/t35-,41+,45-,48+/m0/s1. The van der Waals surface area contributed by atoms with Crippen molar-refractivity contribution in [3.63, 3.8) is 0 Å². The van der Waals surface area contributed by atoms with Gasteiger partial charge in [-0.3, -0.25) is 14.4 Å². The van der Waals surface area contributed by atoms with Gasteiger partial charge in [0, 0.05) is 67.2 Å². The average Bonchev–Trinajstić information content (AvgIpc) is 3.72. The third-order valence-electron chi connectivity index (χ3n) is 11.2. The molecule has 3 N–H and O–H groups in total. The van der Waals surface area contributed by atoms with E-state index in [0.717, 1.165) is 51.1 Å². The summed E-state index contributed by atoms with van der Waals surface area (Å²) in [5.41, 5.74) is 5.42. The third kappa shape index (κ3) is 15.8. The summed E-state index contributed by atoms with van der Waals surface area (Å²) in [6, 6.07) is 25.5. The Morgan fingerprint density at radius 1 is 0.881 bits per heavy atom. The van der Waals surface area contributed by atoms with Crippen molar-refractivity contribution in [2.75, 3.05) is 85.0 Å². The van der Waals surface area contributed by atoms with Gasteiger partial charge in [-0.25, -0.2) is 4.98 Å². The zero-order valence-electron chi connectivity index (χ0n) is 39.7.